The van der Waals surface area contributed by atoms with Gasteiger partial charge < -0.3 is 4.74 Å². The molecule has 1 fully saturated rings. The second-order valence-corrected chi connectivity index (χ2v) is 3.91. The highest BCUT2D eigenvalue weighted by atomic mass is 35.5. The van der Waals surface area contributed by atoms with E-state index in [1.165, 1.54) is 12.1 Å². The zero-order valence-electron chi connectivity index (χ0n) is 8.00. The normalized spacial score (nSPS) is 15.4. The lowest BCUT2D eigenvalue weighted by Gasteiger charge is -2.12. The Kier molecular flexibility index (Phi) is 3.09. The van der Waals surface area contributed by atoms with Gasteiger partial charge in [-0.3, -0.25) is 4.84 Å². The van der Waals surface area contributed by atoms with E-state index in [1.54, 1.807) is 0 Å². The molecule has 0 radical (unpaired) electrons. The zero-order valence-corrected chi connectivity index (χ0v) is 8.76. The number of benzene rings is 1. The van der Waals surface area contributed by atoms with Crippen LogP contribution in [0.4, 0.5) is 4.39 Å². The minimum Gasteiger partial charge on any atom is -0.488 e. The summed E-state index contributed by atoms with van der Waals surface area (Å²) < 4.78 is 18.6. The molecule has 3 nitrogen and oxygen atoms in total. The molecule has 1 aliphatic rings. The fourth-order valence-corrected chi connectivity index (χ4v) is 1.57. The quantitative estimate of drug-likeness (QED) is 0.810. The highest BCUT2D eigenvalue weighted by Gasteiger charge is 2.26. The van der Waals surface area contributed by atoms with Gasteiger partial charge in [-0.2, -0.15) is 0 Å². The fraction of sp³-hybridized carbons (Fsp3) is 0.400. The molecule has 2 rings (SSSR count). The molecule has 0 amide bonds. The SMILES string of the molecule is NOCc1cc(F)cc(Cl)c1OC1CC1. The van der Waals surface area contributed by atoms with Crippen molar-refractivity contribution in [3.63, 3.8) is 0 Å². The van der Waals surface area contributed by atoms with Gasteiger partial charge in [0.05, 0.1) is 17.7 Å². The van der Waals surface area contributed by atoms with Gasteiger partial charge in [-0.1, -0.05) is 11.6 Å². The maximum Gasteiger partial charge on any atom is 0.144 e. The Balaban J connectivity index is 2.29. The van der Waals surface area contributed by atoms with E-state index in [4.69, 9.17) is 22.2 Å². The first-order chi connectivity index (χ1) is 7.20. The van der Waals surface area contributed by atoms with Crippen molar-refractivity contribution >= 4 is 11.6 Å². The van der Waals surface area contributed by atoms with E-state index in [-0.39, 0.29) is 17.7 Å². The molecule has 82 valence electrons. The van der Waals surface area contributed by atoms with Gasteiger partial charge in [-0.25, -0.2) is 10.3 Å². The van der Waals surface area contributed by atoms with Crippen LogP contribution < -0.4 is 10.6 Å². The third kappa shape index (κ3) is 2.59. The number of hydrogen-bond acceptors (Lipinski definition) is 3. The molecular weight excluding hydrogens is 221 g/mol. The van der Waals surface area contributed by atoms with Gasteiger partial charge in [0, 0.05) is 5.56 Å². The summed E-state index contributed by atoms with van der Waals surface area (Å²) in [5.74, 6) is 5.01. The monoisotopic (exact) mass is 231 g/mol. The third-order valence-electron chi connectivity index (χ3n) is 2.13. The van der Waals surface area contributed by atoms with Crippen molar-refractivity contribution in [3.8, 4) is 5.75 Å². The number of halogens is 2. The molecule has 1 aromatic rings. The minimum atomic E-state index is -0.421. The van der Waals surface area contributed by atoms with Crippen LogP contribution in [0, 0.1) is 5.82 Å². The van der Waals surface area contributed by atoms with E-state index >= 15 is 0 Å². The molecule has 0 atom stereocenters. The summed E-state index contributed by atoms with van der Waals surface area (Å²) in [4.78, 5) is 4.48. The zero-order chi connectivity index (χ0) is 10.8. The van der Waals surface area contributed by atoms with Gasteiger partial charge in [0.25, 0.3) is 0 Å². The summed E-state index contributed by atoms with van der Waals surface area (Å²) in [6.07, 6.45) is 2.22. The molecule has 5 heteroatoms. The first-order valence-corrected chi connectivity index (χ1v) is 5.04. The number of ether oxygens (including phenoxy) is 1. The first-order valence-electron chi connectivity index (χ1n) is 4.67. The predicted octanol–water partition coefficient (Wildman–Crippen LogP) is 2.41. The number of nitrogens with two attached hydrogens (primary N) is 1. The average molecular weight is 232 g/mol. The lowest BCUT2D eigenvalue weighted by molar-refractivity contribution is 0.120. The van der Waals surface area contributed by atoms with Crippen LogP contribution in [0.2, 0.25) is 5.02 Å². The first kappa shape index (κ1) is 10.7. The fourth-order valence-electron chi connectivity index (χ4n) is 1.30. The van der Waals surface area contributed by atoms with Crippen LogP contribution in [-0.2, 0) is 11.4 Å². The predicted molar refractivity (Wildman–Crippen MR) is 54.0 cm³/mol. The molecule has 0 spiro atoms. The molecule has 1 saturated carbocycles. The minimum absolute atomic E-state index is 0.0829. The van der Waals surface area contributed by atoms with Gasteiger partial charge in [0.2, 0.25) is 0 Å². The standard InChI is InChI=1S/C10H11ClFNO2/c11-9-4-7(12)3-6(5-14-13)10(9)15-8-1-2-8/h3-4,8H,1-2,5,13H2. The van der Waals surface area contributed by atoms with E-state index in [9.17, 15) is 4.39 Å². The summed E-state index contributed by atoms with van der Waals surface area (Å²) in [5, 5.41) is 0.258. The van der Waals surface area contributed by atoms with Crippen molar-refractivity contribution in [1.82, 2.24) is 0 Å². The van der Waals surface area contributed by atoms with Crippen molar-refractivity contribution in [3.05, 3.63) is 28.5 Å². The highest BCUT2D eigenvalue weighted by molar-refractivity contribution is 6.32. The number of rotatable bonds is 4. The third-order valence-corrected chi connectivity index (χ3v) is 2.41. The summed E-state index contributed by atoms with van der Waals surface area (Å²) in [7, 11) is 0. The molecule has 0 unspecified atom stereocenters. The maximum atomic E-state index is 13.0. The Labute approximate surface area is 91.9 Å². The summed E-state index contributed by atoms with van der Waals surface area (Å²) in [5.41, 5.74) is 0.536. The molecule has 0 saturated heterocycles. The Hall–Kier alpha value is -0.840. The van der Waals surface area contributed by atoms with Gasteiger partial charge in [-0.15, -0.1) is 0 Å². The lowest BCUT2D eigenvalue weighted by atomic mass is 10.2. The van der Waals surface area contributed by atoms with Crippen molar-refractivity contribution in [2.75, 3.05) is 0 Å². The molecule has 0 bridgehead atoms. The van der Waals surface area contributed by atoms with Gasteiger partial charge in [0.1, 0.15) is 11.6 Å². The second kappa shape index (κ2) is 4.35. The average Bonchev–Trinajstić information content (AvgIpc) is 2.95. The Bertz CT molecular complexity index is 369. The molecule has 15 heavy (non-hydrogen) atoms. The molecule has 0 aliphatic heterocycles. The smallest absolute Gasteiger partial charge is 0.144 e. The van der Waals surface area contributed by atoms with E-state index < -0.39 is 5.82 Å². The van der Waals surface area contributed by atoms with Gasteiger partial charge in [-0.05, 0) is 25.0 Å². The van der Waals surface area contributed by atoms with Crippen LogP contribution >= 0.6 is 11.6 Å². The van der Waals surface area contributed by atoms with Crippen molar-refractivity contribution < 1.29 is 14.0 Å². The van der Waals surface area contributed by atoms with Crippen molar-refractivity contribution in [2.45, 2.75) is 25.6 Å². The molecule has 0 aromatic heterocycles. The van der Waals surface area contributed by atoms with E-state index in [0.29, 0.717) is 11.3 Å². The largest absolute Gasteiger partial charge is 0.488 e. The summed E-state index contributed by atoms with van der Waals surface area (Å²) in [6, 6.07) is 2.54. The Morgan fingerprint density at radius 3 is 2.80 bits per heavy atom. The topological polar surface area (TPSA) is 44.5 Å². The van der Waals surface area contributed by atoms with Crippen molar-refractivity contribution in [1.29, 1.82) is 0 Å². The van der Waals surface area contributed by atoms with Crippen LogP contribution in [0.25, 0.3) is 0 Å². The van der Waals surface area contributed by atoms with E-state index in [0.717, 1.165) is 12.8 Å². The highest BCUT2D eigenvalue weighted by Crippen LogP contribution is 2.35. The maximum absolute atomic E-state index is 13.0. The van der Waals surface area contributed by atoms with Crippen LogP contribution in [0.1, 0.15) is 18.4 Å². The molecule has 1 aromatic carbocycles. The van der Waals surface area contributed by atoms with Gasteiger partial charge >= 0.3 is 0 Å². The van der Waals surface area contributed by atoms with Crippen LogP contribution in [-0.4, -0.2) is 6.10 Å². The summed E-state index contributed by atoms with van der Waals surface area (Å²) in [6.45, 7) is 0.0829. The number of hydrogen-bond donors (Lipinski definition) is 1. The van der Waals surface area contributed by atoms with Gasteiger partial charge in [0.15, 0.2) is 0 Å². The lowest BCUT2D eigenvalue weighted by Crippen LogP contribution is -2.05. The van der Waals surface area contributed by atoms with Crippen LogP contribution in [0.15, 0.2) is 12.1 Å². The van der Waals surface area contributed by atoms with Crippen LogP contribution in [0.3, 0.4) is 0 Å². The molecular formula is C10H11ClFNO2. The molecule has 2 N–H and O–H groups in total. The van der Waals surface area contributed by atoms with E-state index in [1.807, 2.05) is 0 Å². The van der Waals surface area contributed by atoms with E-state index in [2.05, 4.69) is 4.84 Å². The summed E-state index contributed by atoms with van der Waals surface area (Å²) >= 11 is 5.88. The second-order valence-electron chi connectivity index (χ2n) is 3.50. The molecule has 1 aliphatic carbocycles. The van der Waals surface area contributed by atoms with Crippen LogP contribution in [0.5, 0.6) is 5.75 Å². The Morgan fingerprint density at radius 1 is 1.47 bits per heavy atom. The van der Waals surface area contributed by atoms with Crippen molar-refractivity contribution in [2.24, 2.45) is 5.90 Å². The Morgan fingerprint density at radius 2 is 2.20 bits per heavy atom. The molecule has 0 heterocycles.